The van der Waals surface area contributed by atoms with E-state index < -0.39 is 17.2 Å². The molecule has 35 heavy (non-hydrogen) atoms. The van der Waals surface area contributed by atoms with Crippen molar-refractivity contribution in [2.45, 2.75) is 20.0 Å². The molecular formula is C25H23F3N6O. The number of hydrogen-bond donors (Lipinski definition) is 4. The van der Waals surface area contributed by atoms with Crippen LogP contribution < -0.4 is 16.1 Å². The van der Waals surface area contributed by atoms with Crippen LogP contribution in [0.3, 0.4) is 0 Å². The molecule has 0 fully saturated rings. The molecule has 0 atom stereocenters. The molecule has 0 aliphatic carbocycles. The van der Waals surface area contributed by atoms with Crippen molar-refractivity contribution < 1.29 is 13.2 Å². The van der Waals surface area contributed by atoms with Gasteiger partial charge < -0.3 is 21.5 Å². The van der Waals surface area contributed by atoms with Crippen LogP contribution in [-0.2, 0) is 6.18 Å². The summed E-state index contributed by atoms with van der Waals surface area (Å²) in [4.78, 5) is 12.7. The minimum Gasteiger partial charge on any atom is -0.362 e. The van der Waals surface area contributed by atoms with Crippen molar-refractivity contribution in [1.82, 2.24) is 9.78 Å². The second-order valence-corrected chi connectivity index (χ2v) is 7.55. The molecule has 7 nitrogen and oxygen atoms in total. The number of aryl methyl sites for hydroxylation is 1. The van der Waals surface area contributed by atoms with Crippen molar-refractivity contribution in [3.8, 4) is 5.69 Å². The zero-order chi connectivity index (χ0) is 25.6. The number of allylic oxidation sites excluding steroid dienone is 2. The molecule has 0 radical (unpaired) electrons. The third-order valence-corrected chi connectivity index (χ3v) is 5.00. The molecule has 4 N–H and O–H groups in total. The van der Waals surface area contributed by atoms with E-state index in [1.807, 2.05) is 13.0 Å². The van der Waals surface area contributed by atoms with Crippen LogP contribution in [0.2, 0.25) is 0 Å². The Balaban J connectivity index is 2.03. The number of halogens is 3. The summed E-state index contributed by atoms with van der Waals surface area (Å²) in [6.07, 6.45) is 2.28. The average Bonchev–Trinajstić information content (AvgIpc) is 2.83. The fourth-order valence-corrected chi connectivity index (χ4v) is 3.24. The Bertz CT molecular complexity index is 1370. The summed E-state index contributed by atoms with van der Waals surface area (Å²) in [5.74, 6) is 0. The number of anilines is 2. The van der Waals surface area contributed by atoms with Crippen LogP contribution in [0.4, 0.5) is 24.5 Å². The Morgan fingerprint density at radius 2 is 1.86 bits per heavy atom. The SMILES string of the molecule is C/C(C=N)=C(/Nc1cccc(C(F)(F)F)c1)c1nn(-c2ccc(N/C=C\C=N)cc2C)ccc1=O. The van der Waals surface area contributed by atoms with E-state index >= 15 is 0 Å². The normalized spacial score (nSPS) is 12.3. The molecule has 0 saturated carbocycles. The number of nitrogens with one attached hydrogen (secondary N) is 4. The second kappa shape index (κ2) is 10.6. The van der Waals surface area contributed by atoms with Gasteiger partial charge in [-0.3, -0.25) is 4.79 Å². The van der Waals surface area contributed by atoms with Crippen LogP contribution in [-0.4, -0.2) is 22.2 Å². The van der Waals surface area contributed by atoms with Crippen molar-refractivity contribution in [1.29, 1.82) is 10.8 Å². The maximum Gasteiger partial charge on any atom is 0.416 e. The quantitative estimate of drug-likeness (QED) is 0.314. The lowest BCUT2D eigenvalue weighted by molar-refractivity contribution is -0.137. The Labute approximate surface area is 199 Å². The summed E-state index contributed by atoms with van der Waals surface area (Å²) in [5.41, 5.74) is 1.53. The molecule has 0 aliphatic rings. The highest BCUT2D eigenvalue weighted by Crippen LogP contribution is 2.31. The predicted octanol–water partition coefficient (Wildman–Crippen LogP) is 5.63. The summed E-state index contributed by atoms with van der Waals surface area (Å²) in [6, 6.07) is 11.4. The molecule has 1 heterocycles. The molecule has 0 aliphatic heterocycles. The van der Waals surface area contributed by atoms with E-state index in [4.69, 9.17) is 10.8 Å². The Hall–Kier alpha value is -4.47. The summed E-state index contributed by atoms with van der Waals surface area (Å²) < 4.78 is 40.9. The average molecular weight is 480 g/mol. The Morgan fingerprint density at radius 3 is 2.51 bits per heavy atom. The molecule has 3 aromatic rings. The van der Waals surface area contributed by atoms with E-state index in [-0.39, 0.29) is 17.1 Å². The molecule has 1 aromatic heterocycles. The van der Waals surface area contributed by atoms with Gasteiger partial charge in [0.1, 0.15) is 0 Å². The predicted molar refractivity (Wildman–Crippen MR) is 133 cm³/mol. The molecule has 0 unspecified atom stereocenters. The zero-order valence-electron chi connectivity index (χ0n) is 18.9. The van der Waals surface area contributed by atoms with Crippen LogP contribution in [0.1, 0.15) is 23.7 Å². The summed E-state index contributed by atoms with van der Waals surface area (Å²) in [7, 11) is 0. The van der Waals surface area contributed by atoms with Crippen molar-refractivity contribution in [2.24, 2.45) is 0 Å². The number of alkyl halides is 3. The van der Waals surface area contributed by atoms with Gasteiger partial charge in [-0.2, -0.15) is 18.3 Å². The lowest BCUT2D eigenvalue weighted by Crippen LogP contribution is -2.20. The third-order valence-electron chi connectivity index (χ3n) is 5.00. The fraction of sp³-hybridized carbons (Fsp3) is 0.120. The fourth-order valence-electron chi connectivity index (χ4n) is 3.24. The van der Waals surface area contributed by atoms with E-state index in [9.17, 15) is 18.0 Å². The smallest absolute Gasteiger partial charge is 0.362 e. The summed E-state index contributed by atoms with van der Waals surface area (Å²) >= 11 is 0. The highest BCUT2D eigenvalue weighted by Gasteiger charge is 2.30. The van der Waals surface area contributed by atoms with Gasteiger partial charge in [0, 0.05) is 42.3 Å². The molecule has 0 spiro atoms. The lowest BCUT2D eigenvalue weighted by atomic mass is 10.1. The lowest BCUT2D eigenvalue weighted by Gasteiger charge is -2.16. The Morgan fingerprint density at radius 1 is 1.09 bits per heavy atom. The molecular weight excluding hydrogens is 457 g/mol. The first kappa shape index (κ1) is 25.2. The number of benzene rings is 2. The van der Waals surface area contributed by atoms with Crippen LogP contribution in [0, 0.1) is 17.7 Å². The van der Waals surface area contributed by atoms with E-state index in [0.29, 0.717) is 11.3 Å². The minimum absolute atomic E-state index is 0.0403. The first-order chi connectivity index (χ1) is 16.6. The van der Waals surface area contributed by atoms with Gasteiger partial charge in [0.2, 0.25) is 5.43 Å². The molecule has 2 aromatic carbocycles. The molecule has 3 rings (SSSR count). The largest absolute Gasteiger partial charge is 0.416 e. The van der Waals surface area contributed by atoms with Gasteiger partial charge in [-0.1, -0.05) is 6.07 Å². The van der Waals surface area contributed by atoms with E-state index in [0.717, 1.165) is 35.8 Å². The molecule has 0 saturated heterocycles. The van der Waals surface area contributed by atoms with Gasteiger partial charge >= 0.3 is 6.18 Å². The van der Waals surface area contributed by atoms with Gasteiger partial charge in [-0.25, -0.2) is 4.68 Å². The summed E-state index contributed by atoms with van der Waals surface area (Å²) in [5, 5.41) is 25.0. The van der Waals surface area contributed by atoms with Crippen LogP contribution in [0.5, 0.6) is 0 Å². The molecule has 180 valence electrons. The molecule has 10 heteroatoms. The number of aromatic nitrogens is 2. The van der Waals surface area contributed by atoms with Crippen molar-refractivity contribution >= 4 is 29.5 Å². The van der Waals surface area contributed by atoms with E-state index in [1.165, 1.54) is 35.2 Å². The van der Waals surface area contributed by atoms with Gasteiger partial charge in [0.05, 0.1) is 16.9 Å². The van der Waals surface area contributed by atoms with E-state index in [1.54, 1.807) is 25.3 Å². The first-order valence-corrected chi connectivity index (χ1v) is 10.4. The second-order valence-electron chi connectivity index (χ2n) is 7.55. The summed E-state index contributed by atoms with van der Waals surface area (Å²) in [6.45, 7) is 3.43. The Kier molecular flexibility index (Phi) is 7.65. The van der Waals surface area contributed by atoms with Crippen LogP contribution in [0.25, 0.3) is 11.4 Å². The monoisotopic (exact) mass is 480 g/mol. The highest BCUT2D eigenvalue weighted by molar-refractivity contribution is 5.92. The molecule has 0 amide bonds. The highest BCUT2D eigenvalue weighted by atomic mass is 19.4. The minimum atomic E-state index is -4.52. The van der Waals surface area contributed by atoms with E-state index in [2.05, 4.69) is 15.7 Å². The van der Waals surface area contributed by atoms with Gasteiger partial charge in [0.15, 0.2) is 5.69 Å². The number of rotatable bonds is 8. The van der Waals surface area contributed by atoms with Gasteiger partial charge in [-0.15, -0.1) is 0 Å². The standard InChI is InChI=1S/C25H23F3N6O/c1-16-13-19(31-11-4-10-29)7-8-21(16)34-12-9-22(35)24(33-34)23(17(2)15-30)32-20-6-3-5-18(14-20)25(26,27)28/h3-15,29-32H,1-2H3/b11-4-,23-17-,29-10?,30-15?. The van der Waals surface area contributed by atoms with Crippen LogP contribution >= 0.6 is 0 Å². The molecule has 0 bridgehead atoms. The number of nitrogens with zero attached hydrogens (tertiary/aromatic N) is 2. The van der Waals surface area contributed by atoms with Gasteiger partial charge in [0.25, 0.3) is 0 Å². The topological polar surface area (TPSA) is 107 Å². The van der Waals surface area contributed by atoms with Crippen molar-refractivity contribution in [3.63, 3.8) is 0 Å². The van der Waals surface area contributed by atoms with Crippen molar-refractivity contribution in [3.05, 3.63) is 99.6 Å². The van der Waals surface area contributed by atoms with Crippen molar-refractivity contribution in [2.75, 3.05) is 10.6 Å². The first-order valence-electron chi connectivity index (χ1n) is 10.4. The number of hydrogen-bond acceptors (Lipinski definition) is 6. The maximum absolute atomic E-state index is 13.2. The van der Waals surface area contributed by atoms with Gasteiger partial charge in [-0.05, 0) is 67.5 Å². The van der Waals surface area contributed by atoms with Crippen LogP contribution in [0.15, 0.2) is 77.4 Å². The third kappa shape index (κ3) is 6.11. The zero-order valence-corrected chi connectivity index (χ0v) is 18.9. The maximum atomic E-state index is 13.2.